The highest BCUT2D eigenvalue weighted by Crippen LogP contribution is 2.54. The summed E-state index contributed by atoms with van der Waals surface area (Å²) in [6, 6.07) is 4.20. The summed E-state index contributed by atoms with van der Waals surface area (Å²) >= 11 is 0. The second kappa shape index (κ2) is 4.77. The Morgan fingerprint density at radius 2 is 2.00 bits per heavy atom. The van der Waals surface area contributed by atoms with Gasteiger partial charge in [-0.2, -0.15) is 0 Å². The number of hydrogen-bond donors (Lipinski definition) is 0. The first-order valence-corrected chi connectivity index (χ1v) is 7.93. The first-order chi connectivity index (χ1) is 10.7. The number of carbonyl (C=O) groups excluding carboxylic acids is 1. The summed E-state index contributed by atoms with van der Waals surface area (Å²) < 4.78 is 11.0. The molecule has 1 aliphatic carbocycles. The van der Waals surface area contributed by atoms with Gasteiger partial charge in [0.15, 0.2) is 11.5 Å². The Hall–Kier alpha value is -1.97. The van der Waals surface area contributed by atoms with Crippen LogP contribution in [0.5, 0.6) is 11.5 Å². The summed E-state index contributed by atoms with van der Waals surface area (Å²) in [5, 5.41) is 0. The quantitative estimate of drug-likeness (QED) is 0.788. The van der Waals surface area contributed by atoms with Crippen molar-refractivity contribution in [2.24, 2.45) is 5.92 Å². The lowest BCUT2D eigenvalue weighted by molar-refractivity contribution is -0.132. The first-order valence-electron chi connectivity index (χ1n) is 7.93. The van der Waals surface area contributed by atoms with Crippen LogP contribution in [0.25, 0.3) is 0 Å². The highest BCUT2D eigenvalue weighted by molar-refractivity contribution is 5.82. The van der Waals surface area contributed by atoms with E-state index in [0.717, 1.165) is 37.3 Å². The van der Waals surface area contributed by atoms with Crippen molar-refractivity contribution < 1.29 is 14.3 Å². The van der Waals surface area contributed by atoms with Gasteiger partial charge in [0.05, 0.1) is 19.8 Å². The molecule has 116 valence electrons. The Morgan fingerprint density at radius 3 is 2.77 bits per heavy atom. The van der Waals surface area contributed by atoms with Gasteiger partial charge >= 0.3 is 0 Å². The van der Waals surface area contributed by atoms with Gasteiger partial charge in [-0.15, -0.1) is 0 Å². The molecule has 0 saturated carbocycles. The van der Waals surface area contributed by atoms with Crippen molar-refractivity contribution >= 4 is 5.91 Å². The van der Waals surface area contributed by atoms with E-state index in [4.69, 9.17) is 9.47 Å². The van der Waals surface area contributed by atoms with Crippen LogP contribution in [0.3, 0.4) is 0 Å². The molecule has 1 saturated heterocycles. The number of methoxy groups -OCH3 is 2. The third kappa shape index (κ3) is 1.61. The second-order valence-corrected chi connectivity index (χ2v) is 6.36. The van der Waals surface area contributed by atoms with E-state index < -0.39 is 0 Å². The van der Waals surface area contributed by atoms with Crippen LogP contribution in [0, 0.1) is 5.92 Å². The van der Waals surface area contributed by atoms with Crippen LogP contribution in [0.4, 0.5) is 0 Å². The average molecular weight is 299 g/mol. The van der Waals surface area contributed by atoms with Gasteiger partial charge in [0.2, 0.25) is 5.91 Å². The molecule has 4 nitrogen and oxygen atoms in total. The standard InChI is InChI=1S/C18H21NO3/c1-21-15-9-12-6-8-19-17(20)10-13-5-3-4-7-18(13,19)14(12)11-16(15)22-2/h3,5,9,11,13H,4,6-8,10H2,1-2H3/t13?,18-/m0/s1. The molecule has 2 atom stereocenters. The predicted octanol–water partition coefficient (Wildman–Crippen LogP) is 2.65. The fourth-order valence-electron chi connectivity index (χ4n) is 4.57. The zero-order valence-corrected chi connectivity index (χ0v) is 13.1. The maximum Gasteiger partial charge on any atom is 0.224 e. The van der Waals surface area contributed by atoms with E-state index in [2.05, 4.69) is 29.2 Å². The lowest BCUT2D eigenvalue weighted by Crippen LogP contribution is -2.51. The summed E-state index contributed by atoms with van der Waals surface area (Å²) in [6.45, 7) is 0.811. The number of allylic oxidation sites excluding steroid dienone is 1. The van der Waals surface area contributed by atoms with Crippen LogP contribution in [0.1, 0.15) is 30.4 Å². The molecule has 0 aromatic heterocycles. The molecule has 0 N–H and O–H groups in total. The SMILES string of the molecule is COc1cc2c(cc1OC)[C@]13CCC=CC1CC(=O)N3CC2. The number of fused-ring (bicyclic) bond motifs is 1. The van der Waals surface area contributed by atoms with Crippen LogP contribution in [-0.2, 0) is 16.8 Å². The Balaban J connectivity index is 1.94. The number of carbonyl (C=O) groups is 1. The molecule has 22 heavy (non-hydrogen) atoms. The van der Waals surface area contributed by atoms with E-state index in [1.165, 1.54) is 11.1 Å². The number of nitrogens with zero attached hydrogens (tertiary/aromatic N) is 1. The zero-order valence-electron chi connectivity index (χ0n) is 13.1. The molecule has 2 aliphatic heterocycles. The van der Waals surface area contributed by atoms with Gasteiger partial charge < -0.3 is 14.4 Å². The van der Waals surface area contributed by atoms with Gasteiger partial charge in [-0.25, -0.2) is 0 Å². The van der Waals surface area contributed by atoms with Gasteiger partial charge in [-0.05, 0) is 42.5 Å². The topological polar surface area (TPSA) is 38.8 Å². The summed E-state index contributed by atoms with van der Waals surface area (Å²) in [7, 11) is 3.34. The fraction of sp³-hybridized carbons (Fsp3) is 0.500. The van der Waals surface area contributed by atoms with Crippen molar-refractivity contribution in [1.82, 2.24) is 4.90 Å². The molecule has 0 radical (unpaired) electrons. The molecule has 0 bridgehead atoms. The maximum absolute atomic E-state index is 12.5. The van der Waals surface area contributed by atoms with E-state index >= 15 is 0 Å². The van der Waals surface area contributed by atoms with Gasteiger partial charge in [0, 0.05) is 18.9 Å². The van der Waals surface area contributed by atoms with Gasteiger partial charge in [-0.3, -0.25) is 4.79 Å². The predicted molar refractivity (Wildman–Crippen MR) is 83.1 cm³/mol. The van der Waals surface area contributed by atoms with Crippen molar-refractivity contribution in [3.63, 3.8) is 0 Å². The fourth-order valence-corrected chi connectivity index (χ4v) is 4.57. The van der Waals surface area contributed by atoms with E-state index in [9.17, 15) is 4.79 Å². The molecule has 1 spiro atoms. The normalized spacial score (nSPS) is 28.9. The monoisotopic (exact) mass is 299 g/mol. The van der Waals surface area contributed by atoms with E-state index in [-0.39, 0.29) is 17.4 Å². The summed E-state index contributed by atoms with van der Waals surface area (Å²) in [4.78, 5) is 14.6. The molecule has 3 aliphatic rings. The van der Waals surface area contributed by atoms with Crippen LogP contribution < -0.4 is 9.47 Å². The molecule has 4 heteroatoms. The maximum atomic E-state index is 12.5. The average Bonchev–Trinajstić information content (AvgIpc) is 2.86. The lowest BCUT2D eigenvalue weighted by atomic mass is 9.69. The molecule has 2 heterocycles. The van der Waals surface area contributed by atoms with Crippen molar-refractivity contribution in [2.75, 3.05) is 20.8 Å². The molecule has 1 fully saturated rings. The van der Waals surface area contributed by atoms with E-state index in [1.807, 2.05) is 0 Å². The molecular formula is C18H21NO3. The molecule has 1 amide bonds. The van der Waals surface area contributed by atoms with Crippen molar-refractivity contribution in [1.29, 1.82) is 0 Å². The Labute approximate surface area is 130 Å². The van der Waals surface area contributed by atoms with Crippen LogP contribution in [0.15, 0.2) is 24.3 Å². The minimum Gasteiger partial charge on any atom is -0.493 e. The highest BCUT2D eigenvalue weighted by atomic mass is 16.5. The number of benzene rings is 1. The van der Waals surface area contributed by atoms with Crippen LogP contribution >= 0.6 is 0 Å². The minimum atomic E-state index is -0.168. The van der Waals surface area contributed by atoms with Crippen molar-refractivity contribution in [2.45, 2.75) is 31.2 Å². The number of amides is 1. The highest BCUT2D eigenvalue weighted by Gasteiger charge is 2.55. The zero-order chi connectivity index (χ0) is 15.3. The third-order valence-electron chi connectivity index (χ3n) is 5.53. The number of rotatable bonds is 2. The first kappa shape index (κ1) is 13.7. The molecule has 4 rings (SSSR count). The Morgan fingerprint density at radius 1 is 1.23 bits per heavy atom. The van der Waals surface area contributed by atoms with Gasteiger partial charge in [0.1, 0.15) is 0 Å². The third-order valence-corrected chi connectivity index (χ3v) is 5.53. The van der Waals surface area contributed by atoms with Crippen molar-refractivity contribution in [3.8, 4) is 11.5 Å². The van der Waals surface area contributed by atoms with E-state index in [1.54, 1.807) is 14.2 Å². The number of ether oxygens (including phenoxy) is 2. The van der Waals surface area contributed by atoms with Crippen molar-refractivity contribution in [3.05, 3.63) is 35.4 Å². The van der Waals surface area contributed by atoms with Crippen LogP contribution in [0.2, 0.25) is 0 Å². The smallest absolute Gasteiger partial charge is 0.224 e. The summed E-state index contributed by atoms with van der Waals surface area (Å²) in [5.74, 6) is 2.10. The van der Waals surface area contributed by atoms with E-state index in [0.29, 0.717) is 6.42 Å². The second-order valence-electron chi connectivity index (χ2n) is 6.36. The molecule has 1 aromatic rings. The minimum absolute atomic E-state index is 0.168. The largest absolute Gasteiger partial charge is 0.493 e. The molecule has 1 unspecified atom stereocenters. The summed E-state index contributed by atoms with van der Waals surface area (Å²) in [5.41, 5.74) is 2.39. The Kier molecular flexibility index (Phi) is 2.96. The summed E-state index contributed by atoms with van der Waals surface area (Å²) in [6.07, 6.45) is 8.01. The van der Waals surface area contributed by atoms with Gasteiger partial charge in [0.25, 0.3) is 0 Å². The Bertz CT molecular complexity index is 667. The van der Waals surface area contributed by atoms with Gasteiger partial charge in [-0.1, -0.05) is 12.2 Å². The lowest BCUT2D eigenvalue weighted by Gasteiger charge is -2.48. The van der Waals surface area contributed by atoms with Crippen LogP contribution in [-0.4, -0.2) is 31.6 Å². The molecule has 1 aromatic carbocycles. The molecular weight excluding hydrogens is 278 g/mol. The number of hydrogen-bond acceptors (Lipinski definition) is 3.